The fraction of sp³-hybridized carbons (Fsp3) is 0.750. The van der Waals surface area contributed by atoms with E-state index in [1.54, 1.807) is 11.9 Å². The van der Waals surface area contributed by atoms with Crippen LogP contribution in [0.25, 0.3) is 0 Å². The Balaban J connectivity index is 1.28. The average molecular weight is 634 g/mol. The number of nitrogens with one attached hydrogen (secondary N) is 1. The van der Waals surface area contributed by atoms with Crippen LogP contribution in [-0.4, -0.2) is 119 Å². The Morgan fingerprint density at radius 1 is 0.857 bits per heavy atom. The van der Waals surface area contributed by atoms with Gasteiger partial charge in [0, 0.05) is 64.5 Å². The van der Waals surface area contributed by atoms with Crippen molar-refractivity contribution in [3.63, 3.8) is 0 Å². The third-order valence-corrected chi connectivity index (χ3v) is 11.9. The lowest BCUT2D eigenvalue weighted by molar-refractivity contribution is 0.126. The van der Waals surface area contributed by atoms with Crippen molar-refractivity contribution >= 4 is 26.1 Å². The smallest absolute Gasteiger partial charge is 0.317 e. The van der Waals surface area contributed by atoms with E-state index in [0.717, 1.165) is 38.5 Å². The predicted octanol–water partition coefficient (Wildman–Crippen LogP) is 2.64. The molecule has 1 N–H and O–H groups in total. The molecule has 3 aliphatic rings. The van der Waals surface area contributed by atoms with Gasteiger partial charge in [-0.25, -0.2) is 39.0 Å². The summed E-state index contributed by atoms with van der Waals surface area (Å²) in [6.07, 6.45) is 7.21. The van der Waals surface area contributed by atoms with E-state index in [-0.39, 0.29) is 30.0 Å². The quantitative estimate of drug-likeness (QED) is 0.448. The average Bonchev–Trinajstić information content (AvgIpc) is 2.92. The van der Waals surface area contributed by atoms with E-state index in [1.807, 2.05) is 0 Å². The highest BCUT2D eigenvalue weighted by molar-refractivity contribution is 7.88. The number of rotatable bonds is 9. The summed E-state index contributed by atoms with van der Waals surface area (Å²) in [4.78, 5) is 17.0. The molecule has 10 nitrogen and oxygen atoms in total. The van der Waals surface area contributed by atoms with E-state index in [1.165, 1.54) is 33.3 Å². The zero-order valence-electron chi connectivity index (χ0n) is 24.8. The molecule has 3 heterocycles. The zero-order valence-corrected chi connectivity index (χ0v) is 26.5. The minimum atomic E-state index is -3.27. The molecule has 0 aliphatic carbocycles. The van der Waals surface area contributed by atoms with Gasteiger partial charge >= 0.3 is 6.03 Å². The molecule has 14 heteroatoms. The molecule has 0 saturated carbocycles. The topological polar surface area (TPSA) is 110 Å². The third kappa shape index (κ3) is 8.84. The van der Waals surface area contributed by atoms with Crippen molar-refractivity contribution in [3.8, 4) is 0 Å². The van der Waals surface area contributed by atoms with E-state index in [0.29, 0.717) is 63.8 Å². The maximum absolute atomic E-state index is 14.2. The molecule has 238 valence electrons. The SMILES string of the molecule is CN(C(=O)NC1CCN(S(C)(=O)=O)CC1)C1CCN(CC[C@@H](c2cc(F)cc(F)c2)C2CCN(S(C)(=O)=O)CC2)CC1. The first-order valence-corrected chi connectivity index (χ1v) is 18.5. The molecule has 4 rings (SSSR count). The number of hydrogen-bond donors (Lipinski definition) is 1. The van der Waals surface area contributed by atoms with Gasteiger partial charge in [0.05, 0.1) is 12.5 Å². The number of sulfonamides is 2. The van der Waals surface area contributed by atoms with Gasteiger partial charge in [-0.1, -0.05) is 0 Å². The van der Waals surface area contributed by atoms with Gasteiger partial charge in [-0.2, -0.15) is 0 Å². The third-order valence-electron chi connectivity index (χ3n) is 9.28. The monoisotopic (exact) mass is 633 g/mol. The second kappa shape index (κ2) is 13.8. The van der Waals surface area contributed by atoms with Crippen LogP contribution < -0.4 is 5.32 Å². The molecule has 1 atom stereocenters. The van der Waals surface area contributed by atoms with Gasteiger partial charge in [0.15, 0.2) is 0 Å². The zero-order chi connectivity index (χ0) is 30.7. The molecule has 3 saturated heterocycles. The summed E-state index contributed by atoms with van der Waals surface area (Å²) in [5.41, 5.74) is 0.624. The fourth-order valence-electron chi connectivity index (χ4n) is 6.70. The molecule has 0 unspecified atom stereocenters. The highest BCUT2D eigenvalue weighted by atomic mass is 32.2. The van der Waals surface area contributed by atoms with E-state index in [2.05, 4.69) is 10.2 Å². The molecule has 1 aromatic carbocycles. The number of halogens is 2. The highest BCUT2D eigenvalue weighted by Crippen LogP contribution is 2.37. The van der Waals surface area contributed by atoms with Crippen LogP contribution in [0.3, 0.4) is 0 Å². The van der Waals surface area contributed by atoms with E-state index >= 15 is 0 Å². The maximum atomic E-state index is 14.2. The lowest BCUT2D eigenvalue weighted by Crippen LogP contribution is -2.53. The van der Waals surface area contributed by atoms with E-state index in [4.69, 9.17) is 0 Å². The number of carbonyl (C=O) groups excluding carboxylic acids is 1. The normalized spacial score (nSPS) is 22.2. The number of hydrogen-bond acceptors (Lipinski definition) is 6. The number of benzene rings is 1. The molecular weight excluding hydrogens is 588 g/mol. The van der Waals surface area contributed by atoms with Gasteiger partial charge in [-0.15, -0.1) is 0 Å². The van der Waals surface area contributed by atoms with Crippen LogP contribution in [0, 0.1) is 17.6 Å². The molecule has 0 spiro atoms. The van der Waals surface area contributed by atoms with Gasteiger partial charge in [-0.05, 0) is 81.0 Å². The van der Waals surface area contributed by atoms with Gasteiger partial charge in [0.1, 0.15) is 11.6 Å². The molecule has 0 radical (unpaired) electrons. The lowest BCUT2D eigenvalue weighted by Gasteiger charge is -2.39. The number of amides is 2. The second-order valence-corrected chi connectivity index (χ2v) is 16.1. The van der Waals surface area contributed by atoms with Crippen molar-refractivity contribution in [1.82, 2.24) is 23.7 Å². The molecule has 0 aromatic heterocycles. The van der Waals surface area contributed by atoms with Crippen molar-refractivity contribution in [2.24, 2.45) is 5.92 Å². The Kier molecular flexibility index (Phi) is 10.9. The Labute approximate surface area is 249 Å². The first-order valence-electron chi connectivity index (χ1n) is 14.8. The van der Waals surface area contributed by atoms with Gasteiger partial charge in [0.2, 0.25) is 20.0 Å². The van der Waals surface area contributed by atoms with Gasteiger partial charge < -0.3 is 15.1 Å². The minimum Gasteiger partial charge on any atom is -0.335 e. The second-order valence-electron chi connectivity index (χ2n) is 12.2. The summed E-state index contributed by atoms with van der Waals surface area (Å²) in [5.74, 6) is -1.17. The van der Waals surface area contributed by atoms with Crippen LogP contribution >= 0.6 is 0 Å². The first kappa shape index (κ1) is 33.0. The predicted molar refractivity (Wildman–Crippen MR) is 158 cm³/mol. The molecule has 3 fully saturated rings. The number of likely N-dealkylation sites (tertiary alicyclic amines) is 1. The summed E-state index contributed by atoms with van der Waals surface area (Å²) in [5, 5.41) is 3.06. The molecule has 3 aliphatic heterocycles. The maximum Gasteiger partial charge on any atom is 0.317 e. The van der Waals surface area contributed by atoms with E-state index in [9.17, 15) is 30.4 Å². The van der Waals surface area contributed by atoms with Crippen molar-refractivity contribution in [2.45, 2.75) is 62.9 Å². The van der Waals surface area contributed by atoms with Crippen LogP contribution in [0.2, 0.25) is 0 Å². The summed E-state index contributed by atoms with van der Waals surface area (Å²) < 4.78 is 78.7. The van der Waals surface area contributed by atoms with Crippen LogP contribution in [0.5, 0.6) is 0 Å². The Morgan fingerprint density at radius 3 is 1.86 bits per heavy atom. The lowest BCUT2D eigenvalue weighted by atomic mass is 9.78. The van der Waals surface area contributed by atoms with Gasteiger partial charge in [-0.3, -0.25) is 0 Å². The standard InChI is InChI=1S/C28H45F2N5O5S2/c1-32(28(36)31-25-6-16-35(17-7-25)42(3,39)40)26-8-11-33(12-9-26)13-10-27(22-18-23(29)20-24(30)19-22)21-4-14-34(15-5-21)41(2,37)38/h18-21,25-27H,4-17H2,1-3H3,(H,31,36)/t27-/m1/s1. The van der Waals surface area contributed by atoms with Crippen LogP contribution in [0.4, 0.5) is 13.6 Å². The Morgan fingerprint density at radius 2 is 1.36 bits per heavy atom. The highest BCUT2D eigenvalue weighted by Gasteiger charge is 2.33. The van der Waals surface area contributed by atoms with Crippen LogP contribution in [0.1, 0.15) is 56.4 Å². The van der Waals surface area contributed by atoms with Gasteiger partial charge in [0.25, 0.3) is 0 Å². The van der Waals surface area contributed by atoms with Crippen molar-refractivity contribution in [2.75, 3.05) is 65.4 Å². The van der Waals surface area contributed by atoms with E-state index < -0.39 is 31.7 Å². The summed E-state index contributed by atoms with van der Waals surface area (Å²) in [7, 11) is -4.68. The number of urea groups is 1. The van der Waals surface area contributed by atoms with Crippen molar-refractivity contribution < 1.29 is 30.4 Å². The number of piperidine rings is 3. The number of nitrogens with zero attached hydrogens (tertiary/aromatic N) is 4. The summed E-state index contributed by atoms with van der Waals surface area (Å²) in [6.45, 7) is 3.98. The fourth-order valence-corrected chi connectivity index (χ4v) is 8.45. The molecule has 2 amide bonds. The molecule has 1 aromatic rings. The minimum absolute atomic E-state index is 0.0491. The Bertz CT molecular complexity index is 1270. The molecular formula is C28H45F2N5O5S2. The molecule has 42 heavy (non-hydrogen) atoms. The number of carbonyl (C=O) groups is 1. The largest absolute Gasteiger partial charge is 0.335 e. The first-order chi connectivity index (χ1) is 19.7. The van der Waals surface area contributed by atoms with Crippen molar-refractivity contribution in [3.05, 3.63) is 35.4 Å². The van der Waals surface area contributed by atoms with Crippen LogP contribution in [0.15, 0.2) is 18.2 Å². The summed E-state index contributed by atoms with van der Waals surface area (Å²) >= 11 is 0. The Hall–Kier alpha value is -1.87. The van der Waals surface area contributed by atoms with Crippen molar-refractivity contribution in [1.29, 1.82) is 0 Å². The van der Waals surface area contributed by atoms with Crippen LogP contribution in [-0.2, 0) is 20.0 Å². The summed E-state index contributed by atoms with van der Waals surface area (Å²) in [6, 6.07) is 3.59. The molecule has 0 bridgehead atoms.